The Hall–Kier alpha value is -0.870. The van der Waals surface area contributed by atoms with Gasteiger partial charge in [0.15, 0.2) is 5.06 Å². The molecular weight excluding hydrogens is 378 g/mol. The molecule has 0 saturated heterocycles. The number of rotatable bonds is 4. The Morgan fingerprint density at radius 1 is 1.17 bits per heavy atom. The maximum atomic E-state index is 10.2. The molecule has 5 rings (SSSR count). The first kappa shape index (κ1) is 20.1. The molecule has 0 aromatic carbocycles. The van der Waals surface area contributed by atoms with E-state index in [9.17, 15) is 5.11 Å². The van der Waals surface area contributed by atoms with Crippen LogP contribution >= 0.6 is 11.3 Å². The number of hydrogen-bond acceptors (Lipinski definition) is 4. The molecule has 4 heteroatoms. The fourth-order valence-electron chi connectivity index (χ4n) is 7.75. The molecule has 1 N–H and O–H groups in total. The summed E-state index contributed by atoms with van der Waals surface area (Å²) in [7, 11) is 0. The molecule has 3 nitrogen and oxygen atoms in total. The number of aromatic nitrogens is 1. The van der Waals surface area contributed by atoms with Crippen LogP contribution in [0.2, 0.25) is 0 Å². The molecular formula is C25H37NO2S. The smallest absolute Gasteiger partial charge is 0.194 e. The van der Waals surface area contributed by atoms with Crippen molar-refractivity contribution in [2.45, 2.75) is 90.6 Å². The average molecular weight is 416 g/mol. The van der Waals surface area contributed by atoms with Crippen LogP contribution in [0.15, 0.2) is 17.8 Å². The van der Waals surface area contributed by atoms with E-state index >= 15 is 0 Å². The first-order valence-electron chi connectivity index (χ1n) is 11.9. The molecule has 29 heavy (non-hydrogen) atoms. The quantitative estimate of drug-likeness (QED) is 0.584. The first-order chi connectivity index (χ1) is 14.0. The number of aliphatic hydroxyl groups excluding tert-OH is 1. The summed E-state index contributed by atoms with van der Waals surface area (Å²) in [4.78, 5) is 4.83. The monoisotopic (exact) mass is 415 g/mol. The zero-order valence-electron chi connectivity index (χ0n) is 18.3. The number of allylic oxidation sites excluding steroid dienone is 1. The normalized spacial score (nSPS) is 43.9. The van der Waals surface area contributed by atoms with Crippen molar-refractivity contribution in [3.63, 3.8) is 0 Å². The van der Waals surface area contributed by atoms with Crippen LogP contribution in [0.1, 0.15) is 89.5 Å². The van der Waals surface area contributed by atoms with Crippen LogP contribution in [0, 0.1) is 28.6 Å². The van der Waals surface area contributed by atoms with Gasteiger partial charge in [0.25, 0.3) is 0 Å². The van der Waals surface area contributed by atoms with Gasteiger partial charge in [-0.3, -0.25) is 0 Å². The van der Waals surface area contributed by atoms with Gasteiger partial charge in [0, 0.05) is 5.92 Å². The van der Waals surface area contributed by atoms with Crippen LogP contribution in [0.5, 0.6) is 5.06 Å². The summed E-state index contributed by atoms with van der Waals surface area (Å²) in [5, 5.41) is 12.5. The highest BCUT2D eigenvalue weighted by Gasteiger charge is 2.59. The van der Waals surface area contributed by atoms with E-state index in [1.807, 2.05) is 6.20 Å². The second-order valence-electron chi connectivity index (χ2n) is 10.7. The molecule has 0 bridgehead atoms. The zero-order valence-corrected chi connectivity index (χ0v) is 19.1. The number of nitrogens with zero attached hydrogens (tertiary/aromatic N) is 1. The predicted octanol–water partition coefficient (Wildman–Crippen LogP) is 6.34. The average Bonchev–Trinajstić information content (AvgIpc) is 3.30. The van der Waals surface area contributed by atoms with Gasteiger partial charge in [0.2, 0.25) is 0 Å². The van der Waals surface area contributed by atoms with Gasteiger partial charge >= 0.3 is 0 Å². The topological polar surface area (TPSA) is 42.4 Å². The molecule has 1 heterocycles. The molecule has 4 aliphatic carbocycles. The van der Waals surface area contributed by atoms with Crippen molar-refractivity contribution in [2.75, 3.05) is 6.61 Å². The van der Waals surface area contributed by atoms with Gasteiger partial charge in [0.05, 0.1) is 23.9 Å². The largest absolute Gasteiger partial charge is 0.483 e. The molecule has 1 aromatic rings. The van der Waals surface area contributed by atoms with Crippen molar-refractivity contribution in [1.29, 1.82) is 0 Å². The zero-order chi connectivity index (χ0) is 20.2. The van der Waals surface area contributed by atoms with Crippen molar-refractivity contribution in [3.8, 4) is 5.06 Å². The van der Waals surface area contributed by atoms with Gasteiger partial charge in [0.1, 0.15) is 0 Å². The molecule has 1 aromatic heterocycles. The number of thiazole rings is 1. The van der Waals surface area contributed by atoms with Gasteiger partial charge in [-0.1, -0.05) is 43.8 Å². The van der Waals surface area contributed by atoms with Gasteiger partial charge in [-0.25, -0.2) is 4.98 Å². The highest BCUT2D eigenvalue weighted by atomic mass is 32.1. The van der Waals surface area contributed by atoms with Gasteiger partial charge < -0.3 is 9.84 Å². The molecule has 7 unspecified atom stereocenters. The summed E-state index contributed by atoms with van der Waals surface area (Å²) >= 11 is 1.80. The SMILES string of the molecule is CCCOc1cnc(C2CCC3C4CC=C5CC(O)CCC5(C)C4CCC23C)s1. The summed E-state index contributed by atoms with van der Waals surface area (Å²) < 4.78 is 5.86. The van der Waals surface area contributed by atoms with E-state index in [0.717, 1.165) is 48.7 Å². The Morgan fingerprint density at radius 2 is 2.03 bits per heavy atom. The molecule has 4 aliphatic rings. The molecule has 0 amide bonds. The summed E-state index contributed by atoms with van der Waals surface area (Å²) in [6.07, 6.45) is 15.1. The van der Waals surface area contributed by atoms with Crippen molar-refractivity contribution in [2.24, 2.45) is 28.6 Å². The molecule has 7 atom stereocenters. The second-order valence-corrected chi connectivity index (χ2v) is 11.7. The van der Waals surface area contributed by atoms with Crippen LogP contribution in [0.3, 0.4) is 0 Å². The summed E-state index contributed by atoms with van der Waals surface area (Å²) in [6, 6.07) is 0. The van der Waals surface area contributed by atoms with Crippen LogP contribution in [-0.4, -0.2) is 22.8 Å². The van der Waals surface area contributed by atoms with Crippen molar-refractivity contribution in [3.05, 3.63) is 22.9 Å². The third kappa shape index (κ3) is 3.12. The summed E-state index contributed by atoms with van der Waals surface area (Å²) in [6.45, 7) is 8.04. The number of hydrogen-bond donors (Lipinski definition) is 1. The highest BCUT2D eigenvalue weighted by Crippen LogP contribution is 2.68. The third-order valence-electron chi connectivity index (χ3n) is 9.33. The number of aliphatic hydroxyl groups is 1. The first-order valence-corrected chi connectivity index (χ1v) is 12.7. The molecule has 3 fully saturated rings. The molecule has 0 radical (unpaired) electrons. The molecule has 160 valence electrons. The third-order valence-corrected chi connectivity index (χ3v) is 10.4. The number of fused-ring (bicyclic) bond motifs is 5. The Balaban J connectivity index is 1.39. The highest BCUT2D eigenvalue weighted by molar-refractivity contribution is 7.13. The van der Waals surface area contributed by atoms with E-state index in [0.29, 0.717) is 16.7 Å². The van der Waals surface area contributed by atoms with Crippen LogP contribution < -0.4 is 4.74 Å². The predicted molar refractivity (Wildman–Crippen MR) is 118 cm³/mol. The minimum atomic E-state index is -0.107. The molecule has 3 saturated carbocycles. The Bertz CT molecular complexity index is 788. The Kier molecular flexibility index (Phi) is 5.10. The fourth-order valence-corrected chi connectivity index (χ4v) is 8.84. The lowest BCUT2D eigenvalue weighted by atomic mass is 9.47. The van der Waals surface area contributed by atoms with E-state index in [4.69, 9.17) is 9.72 Å². The minimum absolute atomic E-state index is 0.107. The van der Waals surface area contributed by atoms with Crippen molar-refractivity contribution < 1.29 is 9.84 Å². The van der Waals surface area contributed by atoms with E-state index in [1.165, 1.54) is 43.5 Å². The van der Waals surface area contributed by atoms with E-state index < -0.39 is 0 Å². The van der Waals surface area contributed by atoms with E-state index in [1.54, 1.807) is 16.9 Å². The maximum absolute atomic E-state index is 10.2. The van der Waals surface area contributed by atoms with Gasteiger partial charge in [-0.05, 0) is 86.4 Å². The van der Waals surface area contributed by atoms with Crippen molar-refractivity contribution >= 4 is 11.3 Å². The molecule has 0 aliphatic heterocycles. The van der Waals surface area contributed by atoms with E-state index in [-0.39, 0.29) is 6.10 Å². The summed E-state index contributed by atoms with van der Waals surface area (Å²) in [5.74, 6) is 3.05. The van der Waals surface area contributed by atoms with Crippen LogP contribution in [-0.2, 0) is 0 Å². The Morgan fingerprint density at radius 3 is 2.86 bits per heavy atom. The van der Waals surface area contributed by atoms with Gasteiger partial charge in [-0.15, -0.1) is 0 Å². The van der Waals surface area contributed by atoms with Crippen LogP contribution in [0.25, 0.3) is 0 Å². The van der Waals surface area contributed by atoms with E-state index in [2.05, 4.69) is 26.8 Å². The second kappa shape index (κ2) is 7.37. The lowest BCUT2D eigenvalue weighted by Crippen LogP contribution is -2.50. The lowest BCUT2D eigenvalue weighted by Gasteiger charge is -2.58. The van der Waals surface area contributed by atoms with Crippen LogP contribution in [0.4, 0.5) is 0 Å². The Labute approximate surface area is 180 Å². The standard InChI is InChI=1S/C25H37NO2S/c1-4-13-28-22-15-26-23(29-22)21-8-7-19-18-6-5-16-14-17(27)9-11-24(16,2)20(18)10-12-25(19,21)3/h5,15,17-21,27H,4,6-14H2,1-3H3. The molecule has 0 spiro atoms. The minimum Gasteiger partial charge on any atom is -0.483 e. The maximum Gasteiger partial charge on any atom is 0.194 e. The fraction of sp³-hybridized carbons (Fsp3) is 0.800. The number of ether oxygens (including phenoxy) is 1. The van der Waals surface area contributed by atoms with Crippen molar-refractivity contribution in [1.82, 2.24) is 4.98 Å². The van der Waals surface area contributed by atoms with Gasteiger partial charge in [-0.2, -0.15) is 0 Å². The summed E-state index contributed by atoms with van der Waals surface area (Å²) in [5.41, 5.74) is 2.30. The lowest BCUT2D eigenvalue weighted by molar-refractivity contribution is -0.0409.